The van der Waals surface area contributed by atoms with E-state index in [0.29, 0.717) is 30.4 Å². The molecule has 0 unspecified atom stereocenters. The number of unbranched alkanes of at least 4 members (excludes halogenated alkanes) is 2. The molecule has 1 fully saturated rings. The van der Waals surface area contributed by atoms with Gasteiger partial charge in [-0.05, 0) is 65.7 Å². The van der Waals surface area contributed by atoms with Crippen LogP contribution in [0.1, 0.15) is 67.3 Å². The highest BCUT2D eigenvalue weighted by atomic mass is 79.9. The van der Waals surface area contributed by atoms with E-state index in [1.54, 1.807) is 6.07 Å². The third-order valence-electron chi connectivity index (χ3n) is 4.67. The van der Waals surface area contributed by atoms with Gasteiger partial charge in [0, 0.05) is 23.7 Å². The SMILES string of the molecule is Nc1c(Br)cc(C(=O)OCCCCCO)cc1CNC1CCCCC1. The highest BCUT2D eigenvalue weighted by Crippen LogP contribution is 2.27. The molecule has 1 aliphatic carbocycles. The fourth-order valence-electron chi connectivity index (χ4n) is 3.14. The smallest absolute Gasteiger partial charge is 0.338 e. The fraction of sp³-hybridized carbons (Fsp3) is 0.632. The van der Waals surface area contributed by atoms with E-state index in [-0.39, 0.29) is 12.6 Å². The molecule has 1 aromatic carbocycles. The summed E-state index contributed by atoms with van der Waals surface area (Å²) in [6.07, 6.45) is 8.64. The number of rotatable bonds is 9. The van der Waals surface area contributed by atoms with E-state index >= 15 is 0 Å². The van der Waals surface area contributed by atoms with Crippen molar-refractivity contribution in [3.05, 3.63) is 27.7 Å². The Morgan fingerprint density at radius 2 is 2.00 bits per heavy atom. The van der Waals surface area contributed by atoms with Crippen molar-refractivity contribution in [3.8, 4) is 0 Å². The van der Waals surface area contributed by atoms with Gasteiger partial charge in [0.2, 0.25) is 0 Å². The number of nitrogen functional groups attached to an aromatic ring is 1. The van der Waals surface area contributed by atoms with Crippen LogP contribution >= 0.6 is 15.9 Å². The minimum atomic E-state index is -0.330. The number of aliphatic hydroxyl groups excluding tert-OH is 1. The van der Waals surface area contributed by atoms with Crippen LogP contribution in [-0.2, 0) is 11.3 Å². The van der Waals surface area contributed by atoms with Gasteiger partial charge in [-0.3, -0.25) is 0 Å². The third-order valence-corrected chi connectivity index (χ3v) is 5.33. The predicted octanol–water partition coefficient (Wildman–Crippen LogP) is 3.77. The first-order valence-corrected chi connectivity index (χ1v) is 10.0. The molecular weight excluding hydrogens is 384 g/mol. The standard InChI is InChI=1S/C19H29BrN2O3/c20-17-12-14(19(24)25-10-6-2-5-9-23)11-15(18(17)21)13-22-16-7-3-1-4-8-16/h11-12,16,22-23H,1-10,13,21H2. The monoisotopic (exact) mass is 412 g/mol. The zero-order chi connectivity index (χ0) is 18.1. The van der Waals surface area contributed by atoms with Crippen molar-refractivity contribution in [2.45, 2.75) is 64.0 Å². The van der Waals surface area contributed by atoms with E-state index in [2.05, 4.69) is 21.2 Å². The number of nitrogens with two attached hydrogens (primary N) is 1. The number of esters is 1. The number of aliphatic hydroxyl groups is 1. The Morgan fingerprint density at radius 3 is 2.72 bits per heavy atom. The van der Waals surface area contributed by atoms with Crippen molar-refractivity contribution in [1.29, 1.82) is 0 Å². The highest BCUT2D eigenvalue weighted by molar-refractivity contribution is 9.10. The molecule has 1 aromatic rings. The molecule has 0 spiro atoms. The third kappa shape index (κ3) is 6.60. The molecule has 4 N–H and O–H groups in total. The molecule has 0 amide bonds. The fourth-order valence-corrected chi connectivity index (χ4v) is 3.64. The molecule has 0 radical (unpaired) electrons. The molecule has 1 saturated carbocycles. The van der Waals surface area contributed by atoms with Gasteiger partial charge in [-0.25, -0.2) is 4.79 Å². The second-order valence-corrected chi connectivity index (χ2v) is 7.52. The van der Waals surface area contributed by atoms with Crippen LogP contribution in [0.25, 0.3) is 0 Å². The lowest BCUT2D eigenvalue weighted by atomic mass is 9.95. The molecule has 6 heteroatoms. The summed E-state index contributed by atoms with van der Waals surface area (Å²) >= 11 is 3.45. The second kappa shape index (κ2) is 10.8. The Balaban J connectivity index is 1.92. The molecular formula is C19H29BrN2O3. The minimum Gasteiger partial charge on any atom is -0.462 e. The Labute approximate surface area is 158 Å². The number of carbonyl (C=O) groups excluding carboxylic acids is 1. The zero-order valence-electron chi connectivity index (χ0n) is 14.7. The molecule has 0 bridgehead atoms. The van der Waals surface area contributed by atoms with Gasteiger partial charge < -0.3 is 20.9 Å². The van der Waals surface area contributed by atoms with Crippen molar-refractivity contribution in [1.82, 2.24) is 5.32 Å². The molecule has 0 aromatic heterocycles. The van der Waals surface area contributed by atoms with Crippen LogP contribution in [-0.4, -0.2) is 30.3 Å². The first-order chi connectivity index (χ1) is 12.1. The van der Waals surface area contributed by atoms with Crippen molar-refractivity contribution in [2.75, 3.05) is 18.9 Å². The summed E-state index contributed by atoms with van der Waals surface area (Å²) in [6, 6.07) is 4.08. The number of hydrogen-bond donors (Lipinski definition) is 3. The Kier molecular flexibility index (Phi) is 8.72. The maximum atomic E-state index is 12.2. The largest absolute Gasteiger partial charge is 0.462 e. The molecule has 25 heavy (non-hydrogen) atoms. The van der Waals surface area contributed by atoms with Crippen LogP contribution in [0.2, 0.25) is 0 Å². The average molecular weight is 413 g/mol. The van der Waals surface area contributed by atoms with Crippen LogP contribution in [0.15, 0.2) is 16.6 Å². The summed E-state index contributed by atoms with van der Waals surface area (Å²) in [7, 11) is 0. The number of carbonyl (C=O) groups is 1. The van der Waals surface area contributed by atoms with Gasteiger partial charge in [-0.2, -0.15) is 0 Å². The van der Waals surface area contributed by atoms with Crippen molar-refractivity contribution in [2.24, 2.45) is 0 Å². The molecule has 0 aliphatic heterocycles. The summed E-state index contributed by atoms with van der Waals surface area (Å²) in [4.78, 5) is 12.2. The molecule has 2 rings (SSSR count). The lowest BCUT2D eigenvalue weighted by Gasteiger charge is -2.23. The number of hydrogen-bond acceptors (Lipinski definition) is 5. The van der Waals surface area contributed by atoms with Gasteiger partial charge in [-0.1, -0.05) is 19.3 Å². The van der Waals surface area contributed by atoms with Crippen LogP contribution in [0.4, 0.5) is 5.69 Å². The normalized spacial score (nSPS) is 15.3. The van der Waals surface area contributed by atoms with Crippen LogP contribution in [0, 0.1) is 0 Å². The first-order valence-electron chi connectivity index (χ1n) is 9.21. The number of halogens is 1. The summed E-state index contributed by atoms with van der Waals surface area (Å²) in [5.74, 6) is -0.330. The zero-order valence-corrected chi connectivity index (χ0v) is 16.3. The Morgan fingerprint density at radius 1 is 1.24 bits per heavy atom. The molecule has 1 aliphatic rings. The summed E-state index contributed by atoms with van der Waals surface area (Å²) < 4.78 is 6.04. The predicted molar refractivity (Wildman–Crippen MR) is 103 cm³/mol. The van der Waals surface area contributed by atoms with Gasteiger partial charge in [0.15, 0.2) is 0 Å². The van der Waals surface area contributed by atoms with E-state index in [1.165, 1.54) is 32.1 Å². The molecule has 0 atom stereocenters. The number of ether oxygens (including phenoxy) is 1. The van der Waals surface area contributed by atoms with Crippen molar-refractivity contribution >= 4 is 27.6 Å². The summed E-state index contributed by atoms with van der Waals surface area (Å²) in [5, 5.41) is 12.3. The number of benzene rings is 1. The van der Waals surface area contributed by atoms with Gasteiger partial charge in [0.25, 0.3) is 0 Å². The van der Waals surface area contributed by atoms with Crippen LogP contribution < -0.4 is 11.1 Å². The van der Waals surface area contributed by atoms with E-state index in [9.17, 15) is 4.79 Å². The molecule has 0 heterocycles. The maximum Gasteiger partial charge on any atom is 0.338 e. The highest BCUT2D eigenvalue weighted by Gasteiger charge is 2.16. The van der Waals surface area contributed by atoms with Gasteiger partial charge in [0.1, 0.15) is 0 Å². The number of anilines is 1. The second-order valence-electron chi connectivity index (χ2n) is 6.67. The average Bonchev–Trinajstić information content (AvgIpc) is 2.63. The van der Waals surface area contributed by atoms with Gasteiger partial charge in [-0.15, -0.1) is 0 Å². The lowest BCUT2D eigenvalue weighted by molar-refractivity contribution is 0.0496. The quantitative estimate of drug-likeness (QED) is 0.326. The van der Waals surface area contributed by atoms with Crippen LogP contribution in [0.5, 0.6) is 0 Å². The van der Waals surface area contributed by atoms with Crippen molar-refractivity contribution < 1.29 is 14.6 Å². The van der Waals surface area contributed by atoms with Gasteiger partial charge >= 0.3 is 5.97 Å². The maximum absolute atomic E-state index is 12.2. The van der Waals surface area contributed by atoms with E-state index in [0.717, 1.165) is 29.3 Å². The summed E-state index contributed by atoms with van der Waals surface area (Å²) in [5.41, 5.74) is 8.27. The van der Waals surface area contributed by atoms with E-state index in [1.807, 2.05) is 6.07 Å². The van der Waals surface area contributed by atoms with Crippen molar-refractivity contribution in [3.63, 3.8) is 0 Å². The Bertz CT molecular complexity index is 560. The summed E-state index contributed by atoms with van der Waals surface area (Å²) in [6.45, 7) is 1.21. The Hall–Kier alpha value is -1.11. The topological polar surface area (TPSA) is 84.6 Å². The minimum absolute atomic E-state index is 0.177. The van der Waals surface area contributed by atoms with Crippen LogP contribution in [0.3, 0.4) is 0 Å². The first kappa shape index (κ1) is 20.2. The molecule has 5 nitrogen and oxygen atoms in total. The molecule has 140 valence electrons. The number of nitrogens with one attached hydrogen (secondary N) is 1. The lowest BCUT2D eigenvalue weighted by Crippen LogP contribution is -2.30. The van der Waals surface area contributed by atoms with Gasteiger partial charge in [0.05, 0.1) is 17.9 Å². The molecule has 0 saturated heterocycles. The van der Waals surface area contributed by atoms with E-state index < -0.39 is 0 Å². The van der Waals surface area contributed by atoms with E-state index in [4.69, 9.17) is 15.6 Å².